The summed E-state index contributed by atoms with van der Waals surface area (Å²) in [5, 5.41) is 0. The van der Waals surface area contributed by atoms with Crippen molar-refractivity contribution in [2.45, 2.75) is 19.8 Å². The lowest BCUT2D eigenvalue weighted by Gasteiger charge is -2.26. The second-order valence-electron chi connectivity index (χ2n) is 3.01. The Balaban J connectivity index is 0. The molecule has 1 aliphatic heterocycles. The van der Waals surface area contributed by atoms with Crippen LogP contribution in [0.25, 0.3) is 0 Å². The van der Waals surface area contributed by atoms with Crippen LogP contribution in [0.15, 0.2) is 0 Å². The van der Waals surface area contributed by atoms with Gasteiger partial charge in [-0.05, 0) is 39.4 Å². The Morgan fingerprint density at radius 3 is 2.40 bits per heavy atom. The average molecular weight is 146 g/mol. The van der Waals surface area contributed by atoms with E-state index < -0.39 is 0 Å². The topological polar surface area (TPSA) is 29.3 Å². The molecule has 0 aromatic heterocycles. The zero-order valence-corrected chi connectivity index (χ0v) is 7.43. The minimum atomic E-state index is 0. The van der Waals surface area contributed by atoms with Crippen molar-refractivity contribution < 1.29 is 1.43 Å². The van der Waals surface area contributed by atoms with Crippen LogP contribution in [-0.4, -0.2) is 32.1 Å². The molecule has 1 heterocycles. The molecule has 0 saturated carbocycles. The summed E-state index contributed by atoms with van der Waals surface area (Å²) >= 11 is 0. The van der Waals surface area contributed by atoms with Crippen LogP contribution in [0, 0.1) is 5.92 Å². The Hall–Kier alpha value is -0.0800. The molecule has 1 saturated heterocycles. The zero-order chi connectivity index (χ0) is 7.98. The van der Waals surface area contributed by atoms with Gasteiger partial charge in [-0.25, -0.2) is 0 Å². The molecule has 0 amide bonds. The highest BCUT2D eigenvalue weighted by Crippen LogP contribution is 2.12. The van der Waals surface area contributed by atoms with Gasteiger partial charge in [-0.2, -0.15) is 0 Å². The summed E-state index contributed by atoms with van der Waals surface area (Å²) in [6.07, 6.45) is 2.84. The van der Waals surface area contributed by atoms with Gasteiger partial charge in [-0.15, -0.1) is 0 Å². The lowest BCUT2D eigenvalue weighted by atomic mass is 10.0. The highest BCUT2D eigenvalue weighted by Gasteiger charge is 2.11. The Morgan fingerprint density at radius 2 is 2.10 bits per heavy atom. The SMILES string of the molecule is CN.C[C@@H]1CCCN(C)C1.[HH]. The van der Waals surface area contributed by atoms with Crippen molar-refractivity contribution in [1.82, 2.24) is 4.90 Å². The monoisotopic (exact) mass is 146 g/mol. The number of piperidine rings is 1. The Morgan fingerprint density at radius 1 is 1.50 bits per heavy atom. The molecular weight excluding hydrogens is 124 g/mol. The summed E-state index contributed by atoms with van der Waals surface area (Å²) < 4.78 is 0. The molecule has 0 unspecified atom stereocenters. The third kappa shape index (κ3) is 3.85. The minimum Gasteiger partial charge on any atom is -0.333 e. The highest BCUT2D eigenvalue weighted by atomic mass is 15.1. The van der Waals surface area contributed by atoms with Crippen LogP contribution < -0.4 is 5.73 Å². The van der Waals surface area contributed by atoms with Gasteiger partial charge in [0.15, 0.2) is 0 Å². The number of hydrogen-bond acceptors (Lipinski definition) is 2. The first-order valence-electron chi connectivity index (χ1n) is 4.05. The van der Waals surface area contributed by atoms with Crippen LogP contribution in [0.1, 0.15) is 21.2 Å². The predicted octanol–water partition coefficient (Wildman–Crippen LogP) is 1.17. The Kier molecular flexibility index (Phi) is 5.64. The molecule has 0 bridgehead atoms. The molecule has 0 spiro atoms. The van der Waals surface area contributed by atoms with Gasteiger partial charge < -0.3 is 10.6 Å². The van der Waals surface area contributed by atoms with E-state index in [0.29, 0.717) is 0 Å². The first kappa shape index (κ1) is 9.92. The second-order valence-corrected chi connectivity index (χ2v) is 3.01. The lowest BCUT2D eigenvalue weighted by molar-refractivity contribution is 0.221. The number of rotatable bonds is 0. The van der Waals surface area contributed by atoms with Crippen LogP contribution >= 0.6 is 0 Å². The van der Waals surface area contributed by atoms with Crippen molar-refractivity contribution in [2.75, 3.05) is 27.2 Å². The molecular formula is C8H22N2. The first-order chi connectivity index (χ1) is 4.79. The second kappa shape index (κ2) is 5.69. The average Bonchev–Trinajstić information content (AvgIpc) is 1.91. The number of nitrogens with zero attached hydrogens (tertiary/aromatic N) is 1. The Bertz CT molecular complexity index is 70.5. The number of likely N-dealkylation sites (tertiary alicyclic amines) is 1. The maximum absolute atomic E-state index is 4.50. The van der Waals surface area contributed by atoms with E-state index in [1.165, 1.54) is 33.0 Å². The summed E-state index contributed by atoms with van der Waals surface area (Å²) in [7, 11) is 3.70. The third-order valence-corrected chi connectivity index (χ3v) is 1.86. The molecule has 0 radical (unpaired) electrons. The van der Waals surface area contributed by atoms with Crippen molar-refractivity contribution in [2.24, 2.45) is 11.7 Å². The fraction of sp³-hybridized carbons (Fsp3) is 1.00. The van der Waals surface area contributed by atoms with E-state index in [1.54, 1.807) is 0 Å². The molecule has 10 heavy (non-hydrogen) atoms. The summed E-state index contributed by atoms with van der Waals surface area (Å²) in [6.45, 7) is 4.94. The highest BCUT2D eigenvalue weighted by molar-refractivity contribution is 4.65. The molecule has 0 aromatic rings. The minimum absolute atomic E-state index is 0. The van der Waals surface area contributed by atoms with Gasteiger partial charge >= 0.3 is 0 Å². The van der Waals surface area contributed by atoms with Crippen molar-refractivity contribution in [1.29, 1.82) is 0 Å². The van der Waals surface area contributed by atoms with Crippen LogP contribution in [0.5, 0.6) is 0 Å². The van der Waals surface area contributed by atoms with Gasteiger partial charge in [0.2, 0.25) is 0 Å². The fourth-order valence-corrected chi connectivity index (χ4v) is 1.42. The maximum atomic E-state index is 4.50. The molecule has 1 atom stereocenters. The van der Waals surface area contributed by atoms with Crippen LogP contribution in [0.4, 0.5) is 0 Å². The predicted molar refractivity (Wildman–Crippen MR) is 48.1 cm³/mol. The van der Waals surface area contributed by atoms with Gasteiger partial charge in [0.25, 0.3) is 0 Å². The molecule has 2 heteroatoms. The van der Waals surface area contributed by atoms with Gasteiger partial charge in [-0.1, -0.05) is 6.92 Å². The molecule has 1 fully saturated rings. The smallest absolute Gasteiger partial charge is 0.000398 e. The molecule has 1 rings (SSSR count). The van der Waals surface area contributed by atoms with Crippen LogP contribution in [0.2, 0.25) is 0 Å². The molecule has 1 aliphatic rings. The van der Waals surface area contributed by atoms with Crippen molar-refractivity contribution >= 4 is 0 Å². The number of nitrogens with two attached hydrogens (primary N) is 1. The van der Waals surface area contributed by atoms with Crippen molar-refractivity contribution in [3.8, 4) is 0 Å². The molecule has 2 nitrogen and oxygen atoms in total. The molecule has 0 aromatic carbocycles. The van der Waals surface area contributed by atoms with Gasteiger partial charge in [0.05, 0.1) is 0 Å². The molecule has 64 valence electrons. The van der Waals surface area contributed by atoms with Gasteiger partial charge in [-0.3, -0.25) is 0 Å². The van der Waals surface area contributed by atoms with Gasteiger partial charge in [0.1, 0.15) is 0 Å². The summed E-state index contributed by atoms with van der Waals surface area (Å²) in [5.74, 6) is 0.939. The van der Waals surface area contributed by atoms with Crippen LogP contribution in [-0.2, 0) is 0 Å². The van der Waals surface area contributed by atoms with Crippen molar-refractivity contribution in [3.63, 3.8) is 0 Å². The maximum Gasteiger partial charge on any atom is 0.000398 e. The summed E-state index contributed by atoms with van der Waals surface area (Å²) in [6, 6.07) is 0. The van der Waals surface area contributed by atoms with E-state index >= 15 is 0 Å². The lowest BCUT2D eigenvalue weighted by Crippen LogP contribution is -2.30. The summed E-state index contributed by atoms with van der Waals surface area (Å²) in [4.78, 5) is 2.41. The first-order valence-corrected chi connectivity index (χ1v) is 4.05. The quantitative estimate of drug-likeness (QED) is 0.556. The van der Waals surface area contributed by atoms with E-state index in [1.807, 2.05) is 0 Å². The van der Waals surface area contributed by atoms with Gasteiger partial charge in [0, 0.05) is 7.97 Å². The van der Waals surface area contributed by atoms with E-state index in [-0.39, 0.29) is 1.43 Å². The number of hydrogen-bond donors (Lipinski definition) is 1. The third-order valence-electron chi connectivity index (χ3n) is 1.86. The standard InChI is InChI=1S/C7H15N.CH5N.H2/c1-7-4-3-5-8(2)6-7;1-2;/h7H,3-6H2,1-2H3;2H2,1H3;1H/t7-;;/m1../s1. The molecule has 2 N–H and O–H groups in total. The van der Waals surface area contributed by atoms with E-state index in [9.17, 15) is 0 Å². The normalized spacial score (nSPS) is 27.0. The largest absolute Gasteiger partial charge is 0.333 e. The van der Waals surface area contributed by atoms with E-state index in [4.69, 9.17) is 0 Å². The van der Waals surface area contributed by atoms with Crippen LogP contribution in [0.3, 0.4) is 0 Å². The molecule has 0 aliphatic carbocycles. The fourth-order valence-electron chi connectivity index (χ4n) is 1.42. The van der Waals surface area contributed by atoms with E-state index in [2.05, 4.69) is 24.6 Å². The van der Waals surface area contributed by atoms with E-state index in [0.717, 1.165) is 5.92 Å². The van der Waals surface area contributed by atoms with Crippen molar-refractivity contribution in [3.05, 3.63) is 0 Å². The zero-order valence-electron chi connectivity index (χ0n) is 7.43. The summed E-state index contributed by atoms with van der Waals surface area (Å²) in [5.41, 5.74) is 4.50. The Labute approximate surface area is 65.9 Å².